The van der Waals surface area contributed by atoms with Gasteiger partial charge in [0.1, 0.15) is 5.58 Å². The van der Waals surface area contributed by atoms with Gasteiger partial charge in [0, 0.05) is 47.7 Å². The van der Waals surface area contributed by atoms with E-state index in [0.717, 1.165) is 44.4 Å². The minimum Gasteiger partial charge on any atom is -0.453 e. The molecule has 2 heterocycles. The average molecular weight is 668 g/mol. The van der Waals surface area contributed by atoms with E-state index in [1.165, 1.54) is 58.2 Å². The highest BCUT2D eigenvalue weighted by molar-refractivity contribution is 7.25. The third-order valence-electron chi connectivity index (χ3n) is 10.4. The van der Waals surface area contributed by atoms with Crippen LogP contribution in [0, 0.1) is 0 Å². The molecule has 0 aliphatic carbocycles. The number of benzene rings is 9. The van der Waals surface area contributed by atoms with Crippen molar-refractivity contribution in [3.05, 3.63) is 176 Å². The second-order valence-corrected chi connectivity index (χ2v) is 14.4. The third kappa shape index (κ3) is 4.35. The van der Waals surface area contributed by atoms with Crippen LogP contribution in [0.1, 0.15) is 0 Å². The molecule has 9 aromatic carbocycles. The van der Waals surface area contributed by atoms with Gasteiger partial charge >= 0.3 is 0 Å². The Balaban J connectivity index is 1.15. The second-order valence-electron chi connectivity index (χ2n) is 13.3. The Morgan fingerprint density at radius 3 is 1.86 bits per heavy atom. The SMILES string of the molecule is c1ccc2c(c1)ccc1ccc(N(c3ccc(-c4cccc5sc6ccccc6c45)cc3)c3cccc4c3oc3c5ccccc5ccc43)cc12. The van der Waals surface area contributed by atoms with Crippen molar-refractivity contribution < 1.29 is 4.42 Å². The molecule has 238 valence electrons. The van der Waals surface area contributed by atoms with Crippen molar-refractivity contribution in [2.45, 2.75) is 0 Å². The Hall–Kier alpha value is -6.42. The summed E-state index contributed by atoms with van der Waals surface area (Å²) in [7, 11) is 0. The zero-order valence-corrected chi connectivity index (χ0v) is 28.3. The fourth-order valence-electron chi connectivity index (χ4n) is 8.05. The summed E-state index contributed by atoms with van der Waals surface area (Å²) in [4.78, 5) is 2.36. The highest BCUT2D eigenvalue weighted by atomic mass is 32.1. The van der Waals surface area contributed by atoms with Crippen molar-refractivity contribution in [2.75, 3.05) is 4.90 Å². The van der Waals surface area contributed by atoms with Crippen LogP contribution < -0.4 is 4.90 Å². The van der Waals surface area contributed by atoms with Gasteiger partial charge in [-0.3, -0.25) is 0 Å². The van der Waals surface area contributed by atoms with Crippen molar-refractivity contribution in [2.24, 2.45) is 0 Å². The number of nitrogens with zero attached hydrogens (tertiary/aromatic N) is 1. The molecule has 3 heteroatoms. The number of thiophene rings is 1. The molecule has 2 aromatic heterocycles. The smallest absolute Gasteiger partial charge is 0.159 e. The van der Waals surface area contributed by atoms with Crippen LogP contribution in [0.3, 0.4) is 0 Å². The first kappa shape index (κ1) is 28.4. The summed E-state index contributed by atoms with van der Waals surface area (Å²) in [5, 5.41) is 12.1. The van der Waals surface area contributed by atoms with E-state index in [9.17, 15) is 0 Å². The molecule has 11 aromatic rings. The molecule has 51 heavy (non-hydrogen) atoms. The van der Waals surface area contributed by atoms with Gasteiger partial charge in [-0.25, -0.2) is 0 Å². The van der Waals surface area contributed by atoms with Gasteiger partial charge in [-0.1, -0.05) is 127 Å². The molecule has 0 saturated heterocycles. The van der Waals surface area contributed by atoms with Crippen LogP contribution in [0.25, 0.3) is 85.6 Å². The fourth-order valence-corrected chi connectivity index (χ4v) is 9.18. The molecule has 0 spiro atoms. The largest absolute Gasteiger partial charge is 0.453 e. The van der Waals surface area contributed by atoms with Gasteiger partial charge in [0.25, 0.3) is 0 Å². The van der Waals surface area contributed by atoms with E-state index < -0.39 is 0 Å². The van der Waals surface area contributed by atoms with E-state index >= 15 is 0 Å². The molecule has 0 unspecified atom stereocenters. The predicted octanol–water partition coefficient (Wildman–Crippen LogP) is 14.6. The molecule has 0 bridgehead atoms. The number of anilines is 3. The molecule has 0 atom stereocenters. The summed E-state index contributed by atoms with van der Waals surface area (Å²) in [5.41, 5.74) is 7.41. The number of para-hydroxylation sites is 1. The highest BCUT2D eigenvalue weighted by Crippen LogP contribution is 2.46. The first-order chi connectivity index (χ1) is 25.3. The zero-order valence-electron chi connectivity index (χ0n) is 27.5. The van der Waals surface area contributed by atoms with Crippen LogP contribution in [0.4, 0.5) is 17.1 Å². The molecule has 0 fully saturated rings. The van der Waals surface area contributed by atoms with Gasteiger partial charge in [-0.2, -0.15) is 0 Å². The maximum absolute atomic E-state index is 6.91. The predicted molar refractivity (Wildman–Crippen MR) is 219 cm³/mol. The van der Waals surface area contributed by atoms with E-state index in [0.29, 0.717) is 0 Å². The molecular weight excluding hydrogens is 639 g/mol. The standard InChI is InChI=1S/C48H29NOS/c1-3-11-36-30(9-1)19-20-33-23-27-35(29-42(33)36)49(43-16-7-15-39-40-28-24-31-10-2-4-12-38(31)47(40)50-48(39)43)34-25-21-32(22-26-34)37-14-8-18-45-46(37)41-13-5-6-17-44(41)51-45/h1-29H. The highest BCUT2D eigenvalue weighted by Gasteiger charge is 2.21. The summed E-state index contributed by atoms with van der Waals surface area (Å²) in [5.74, 6) is 0. The normalized spacial score (nSPS) is 11.9. The third-order valence-corrected chi connectivity index (χ3v) is 11.6. The van der Waals surface area contributed by atoms with Crippen LogP contribution in [0.2, 0.25) is 0 Å². The maximum Gasteiger partial charge on any atom is 0.159 e. The fraction of sp³-hybridized carbons (Fsp3) is 0. The number of fused-ring (bicyclic) bond motifs is 11. The molecule has 0 amide bonds. The Morgan fingerprint density at radius 1 is 0.392 bits per heavy atom. The minimum atomic E-state index is 0.875. The summed E-state index contributed by atoms with van der Waals surface area (Å²) in [6.45, 7) is 0. The van der Waals surface area contributed by atoms with E-state index in [1.54, 1.807) is 0 Å². The topological polar surface area (TPSA) is 16.4 Å². The van der Waals surface area contributed by atoms with Crippen molar-refractivity contribution in [3.63, 3.8) is 0 Å². The average Bonchev–Trinajstić information content (AvgIpc) is 3.78. The number of hydrogen-bond acceptors (Lipinski definition) is 3. The maximum atomic E-state index is 6.91. The van der Waals surface area contributed by atoms with E-state index in [-0.39, 0.29) is 0 Å². The first-order valence-corrected chi connectivity index (χ1v) is 18.2. The van der Waals surface area contributed by atoms with Crippen LogP contribution in [-0.4, -0.2) is 0 Å². The van der Waals surface area contributed by atoms with Gasteiger partial charge in [-0.15, -0.1) is 11.3 Å². The lowest BCUT2D eigenvalue weighted by molar-refractivity contribution is 0.673. The molecular formula is C48H29NOS. The molecule has 2 nitrogen and oxygen atoms in total. The minimum absolute atomic E-state index is 0.875. The lowest BCUT2D eigenvalue weighted by atomic mass is 9.98. The zero-order chi connectivity index (χ0) is 33.5. The summed E-state index contributed by atoms with van der Waals surface area (Å²) in [6.07, 6.45) is 0. The summed E-state index contributed by atoms with van der Waals surface area (Å²) >= 11 is 1.86. The van der Waals surface area contributed by atoms with Gasteiger partial charge < -0.3 is 9.32 Å². The Kier molecular flexibility index (Phi) is 6.16. The number of rotatable bonds is 4. The van der Waals surface area contributed by atoms with Gasteiger partial charge in [-0.05, 0) is 86.6 Å². The molecule has 0 aliphatic heterocycles. The van der Waals surface area contributed by atoms with Gasteiger partial charge in [0.2, 0.25) is 0 Å². The van der Waals surface area contributed by atoms with E-state index in [4.69, 9.17) is 4.42 Å². The van der Waals surface area contributed by atoms with E-state index in [1.807, 2.05) is 11.3 Å². The van der Waals surface area contributed by atoms with Crippen molar-refractivity contribution in [1.29, 1.82) is 0 Å². The molecule has 0 radical (unpaired) electrons. The van der Waals surface area contributed by atoms with Crippen LogP contribution in [0.5, 0.6) is 0 Å². The molecule has 0 aliphatic rings. The van der Waals surface area contributed by atoms with Crippen LogP contribution in [0.15, 0.2) is 180 Å². The Morgan fingerprint density at radius 2 is 1.00 bits per heavy atom. The van der Waals surface area contributed by atoms with Crippen LogP contribution >= 0.6 is 11.3 Å². The lowest BCUT2D eigenvalue weighted by Crippen LogP contribution is -2.10. The number of hydrogen-bond donors (Lipinski definition) is 0. The summed E-state index contributed by atoms with van der Waals surface area (Å²) in [6, 6.07) is 63.7. The molecule has 11 rings (SSSR count). The van der Waals surface area contributed by atoms with Crippen molar-refractivity contribution >= 4 is 103 Å². The molecule has 0 N–H and O–H groups in total. The number of furan rings is 1. The van der Waals surface area contributed by atoms with Gasteiger partial charge in [0.05, 0.1) is 5.69 Å². The quantitative estimate of drug-likeness (QED) is 0.174. The lowest BCUT2D eigenvalue weighted by Gasteiger charge is -2.26. The Labute approximate surface area is 298 Å². The van der Waals surface area contributed by atoms with E-state index in [2.05, 4.69) is 181 Å². The van der Waals surface area contributed by atoms with Crippen LogP contribution in [-0.2, 0) is 0 Å². The second kappa shape index (κ2) is 11.0. The van der Waals surface area contributed by atoms with Crippen molar-refractivity contribution in [1.82, 2.24) is 0 Å². The Bertz CT molecular complexity index is 3150. The van der Waals surface area contributed by atoms with Crippen molar-refractivity contribution in [3.8, 4) is 11.1 Å². The van der Waals surface area contributed by atoms with Gasteiger partial charge in [0.15, 0.2) is 5.58 Å². The molecule has 0 saturated carbocycles. The first-order valence-electron chi connectivity index (χ1n) is 17.3. The summed E-state index contributed by atoms with van der Waals surface area (Å²) < 4.78 is 9.54. The monoisotopic (exact) mass is 667 g/mol.